The van der Waals surface area contributed by atoms with Crippen molar-refractivity contribution in [2.75, 3.05) is 39.9 Å². The van der Waals surface area contributed by atoms with Crippen molar-refractivity contribution in [2.45, 2.75) is 6.54 Å². The Bertz CT molecular complexity index is 786. The maximum Gasteiger partial charge on any atom is 0.162 e. The molecule has 0 N–H and O–H groups in total. The Labute approximate surface area is 148 Å². The normalized spacial score (nSPS) is 12.6. The van der Waals surface area contributed by atoms with E-state index in [1.807, 2.05) is 24.3 Å². The molecule has 0 spiro atoms. The Hall–Kier alpha value is -2.82. The van der Waals surface area contributed by atoms with E-state index in [1.54, 1.807) is 28.4 Å². The lowest BCUT2D eigenvalue weighted by Crippen LogP contribution is -2.25. The molecule has 5 heteroatoms. The molecule has 0 bridgehead atoms. The number of ether oxygens (including phenoxy) is 4. The minimum absolute atomic E-state index is 0.730. The van der Waals surface area contributed by atoms with E-state index in [-0.39, 0.29) is 0 Å². The van der Waals surface area contributed by atoms with E-state index in [9.17, 15) is 0 Å². The second kappa shape index (κ2) is 7.38. The van der Waals surface area contributed by atoms with Gasteiger partial charge in [0.15, 0.2) is 23.0 Å². The zero-order valence-corrected chi connectivity index (χ0v) is 15.0. The van der Waals surface area contributed by atoms with Crippen molar-refractivity contribution in [2.24, 2.45) is 0 Å². The Balaban J connectivity index is 1.92. The third-order valence-electron chi connectivity index (χ3n) is 4.32. The van der Waals surface area contributed by atoms with Crippen LogP contribution in [0.15, 0.2) is 36.4 Å². The molecule has 1 aliphatic heterocycles. The molecule has 132 valence electrons. The molecule has 0 radical (unpaired) electrons. The van der Waals surface area contributed by atoms with Crippen LogP contribution in [0, 0.1) is 0 Å². The van der Waals surface area contributed by atoms with Crippen LogP contribution in [-0.4, -0.2) is 35.0 Å². The molecule has 0 unspecified atom stereocenters. The van der Waals surface area contributed by atoms with Gasteiger partial charge in [0.05, 0.1) is 28.4 Å². The molecule has 1 aliphatic rings. The Morgan fingerprint density at radius 3 is 2.12 bits per heavy atom. The van der Waals surface area contributed by atoms with E-state index < -0.39 is 0 Å². The molecule has 0 amide bonds. The van der Waals surface area contributed by atoms with Crippen molar-refractivity contribution < 1.29 is 18.9 Å². The summed E-state index contributed by atoms with van der Waals surface area (Å²) >= 11 is 0. The number of nitrogens with zero attached hydrogens (tertiary/aromatic N) is 1. The molecule has 0 saturated heterocycles. The van der Waals surface area contributed by atoms with Crippen molar-refractivity contribution >= 4 is 11.8 Å². The molecular formula is C20H23NO4. The fraction of sp³-hybridized carbons (Fsp3) is 0.300. The van der Waals surface area contributed by atoms with Crippen LogP contribution < -0.4 is 23.8 Å². The van der Waals surface area contributed by atoms with E-state index in [2.05, 4.69) is 23.1 Å². The summed E-state index contributed by atoms with van der Waals surface area (Å²) < 4.78 is 21.6. The van der Waals surface area contributed by atoms with Gasteiger partial charge in [0.25, 0.3) is 0 Å². The van der Waals surface area contributed by atoms with Gasteiger partial charge in [-0.05, 0) is 23.8 Å². The lowest BCUT2D eigenvalue weighted by molar-refractivity contribution is 0.354. The highest BCUT2D eigenvalue weighted by molar-refractivity contribution is 5.75. The van der Waals surface area contributed by atoms with E-state index in [1.165, 1.54) is 0 Å². The lowest BCUT2D eigenvalue weighted by atomic mass is 10.1. The number of fused-ring (bicyclic) bond motifs is 1. The van der Waals surface area contributed by atoms with Crippen LogP contribution in [-0.2, 0) is 6.54 Å². The lowest BCUT2D eigenvalue weighted by Gasteiger charge is -2.29. The molecule has 0 aliphatic carbocycles. The van der Waals surface area contributed by atoms with Gasteiger partial charge in [-0.15, -0.1) is 0 Å². The molecule has 5 nitrogen and oxygen atoms in total. The largest absolute Gasteiger partial charge is 0.493 e. The van der Waals surface area contributed by atoms with Gasteiger partial charge >= 0.3 is 0 Å². The first-order valence-corrected chi connectivity index (χ1v) is 8.08. The molecule has 1 heterocycles. The van der Waals surface area contributed by atoms with Crippen LogP contribution in [0.25, 0.3) is 6.08 Å². The molecule has 0 saturated carbocycles. The highest BCUT2D eigenvalue weighted by Crippen LogP contribution is 2.38. The van der Waals surface area contributed by atoms with Gasteiger partial charge in [-0.3, -0.25) is 0 Å². The fourth-order valence-corrected chi connectivity index (χ4v) is 3.05. The smallest absolute Gasteiger partial charge is 0.162 e. The molecule has 2 aromatic carbocycles. The number of methoxy groups -OCH3 is 4. The Morgan fingerprint density at radius 2 is 1.44 bits per heavy atom. The van der Waals surface area contributed by atoms with Crippen molar-refractivity contribution in [1.82, 2.24) is 0 Å². The van der Waals surface area contributed by atoms with Crippen LogP contribution in [0.5, 0.6) is 23.0 Å². The van der Waals surface area contributed by atoms with Gasteiger partial charge in [0.2, 0.25) is 0 Å². The van der Waals surface area contributed by atoms with Crippen LogP contribution in [0.4, 0.5) is 5.69 Å². The van der Waals surface area contributed by atoms with E-state index >= 15 is 0 Å². The highest BCUT2D eigenvalue weighted by Gasteiger charge is 2.18. The highest BCUT2D eigenvalue weighted by atomic mass is 16.5. The maximum absolute atomic E-state index is 5.46. The quantitative estimate of drug-likeness (QED) is 0.800. The number of anilines is 1. The van der Waals surface area contributed by atoms with Gasteiger partial charge in [-0.1, -0.05) is 18.2 Å². The van der Waals surface area contributed by atoms with Crippen molar-refractivity contribution in [1.29, 1.82) is 0 Å². The monoisotopic (exact) mass is 341 g/mol. The average Bonchev–Trinajstić information content (AvgIpc) is 2.66. The van der Waals surface area contributed by atoms with Gasteiger partial charge in [0, 0.05) is 30.4 Å². The first-order valence-electron chi connectivity index (χ1n) is 8.08. The molecule has 25 heavy (non-hydrogen) atoms. The topological polar surface area (TPSA) is 40.2 Å². The fourth-order valence-electron chi connectivity index (χ4n) is 3.05. The van der Waals surface area contributed by atoms with E-state index in [4.69, 9.17) is 18.9 Å². The average molecular weight is 341 g/mol. The third-order valence-corrected chi connectivity index (χ3v) is 4.32. The Morgan fingerprint density at radius 1 is 0.800 bits per heavy atom. The molecule has 0 aromatic heterocycles. The number of rotatable bonds is 6. The second-order valence-electron chi connectivity index (χ2n) is 5.74. The van der Waals surface area contributed by atoms with Gasteiger partial charge < -0.3 is 23.8 Å². The molecular weight excluding hydrogens is 318 g/mol. The molecule has 2 aromatic rings. The summed E-state index contributed by atoms with van der Waals surface area (Å²) in [4.78, 5) is 2.29. The predicted octanol–water partition coefficient (Wildman–Crippen LogP) is 3.75. The molecule has 0 atom stereocenters. The Kier molecular flexibility index (Phi) is 5.03. The number of hydrogen-bond donors (Lipinski definition) is 0. The maximum atomic E-state index is 5.46. The van der Waals surface area contributed by atoms with Crippen molar-refractivity contribution in [3.05, 3.63) is 47.5 Å². The van der Waals surface area contributed by atoms with Crippen LogP contribution in [0.1, 0.15) is 11.1 Å². The summed E-state index contributed by atoms with van der Waals surface area (Å²) in [5.41, 5.74) is 3.38. The van der Waals surface area contributed by atoms with Crippen LogP contribution in [0.2, 0.25) is 0 Å². The first kappa shape index (κ1) is 17.0. The van der Waals surface area contributed by atoms with Crippen LogP contribution in [0.3, 0.4) is 0 Å². The summed E-state index contributed by atoms with van der Waals surface area (Å²) in [6.45, 7) is 1.59. The zero-order chi connectivity index (χ0) is 17.8. The second-order valence-corrected chi connectivity index (χ2v) is 5.74. The van der Waals surface area contributed by atoms with E-state index in [0.29, 0.717) is 0 Å². The van der Waals surface area contributed by atoms with Crippen molar-refractivity contribution in [3.8, 4) is 23.0 Å². The minimum Gasteiger partial charge on any atom is -0.493 e. The summed E-state index contributed by atoms with van der Waals surface area (Å²) in [5, 5.41) is 0. The minimum atomic E-state index is 0.730. The summed E-state index contributed by atoms with van der Waals surface area (Å²) in [6.07, 6.45) is 4.26. The standard InChI is InChI=1S/C20H23NO4/c1-22-17-8-7-14(10-18(17)23-2)13-21-9-5-6-15-11-19(24-3)20(25-4)12-16(15)21/h5-8,10-12H,9,13H2,1-4H3. The number of hydrogen-bond acceptors (Lipinski definition) is 5. The van der Waals surface area contributed by atoms with Gasteiger partial charge in [0.1, 0.15) is 0 Å². The van der Waals surface area contributed by atoms with E-state index in [0.717, 1.165) is 52.9 Å². The van der Waals surface area contributed by atoms with Gasteiger partial charge in [-0.2, -0.15) is 0 Å². The first-order chi connectivity index (χ1) is 12.2. The predicted molar refractivity (Wildman–Crippen MR) is 99.2 cm³/mol. The third kappa shape index (κ3) is 3.36. The molecule has 0 fully saturated rings. The van der Waals surface area contributed by atoms with Crippen LogP contribution >= 0.6 is 0 Å². The summed E-state index contributed by atoms with van der Waals surface area (Å²) in [5.74, 6) is 2.93. The zero-order valence-electron chi connectivity index (χ0n) is 15.0. The van der Waals surface area contributed by atoms with Gasteiger partial charge in [-0.25, -0.2) is 0 Å². The summed E-state index contributed by atoms with van der Waals surface area (Å²) in [7, 11) is 6.60. The summed E-state index contributed by atoms with van der Waals surface area (Å²) in [6, 6.07) is 10.0. The van der Waals surface area contributed by atoms with Crippen molar-refractivity contribution in [3.63, 3.8) is 0 Å². The number of benzene rings is 2. The molecule has 3 rings (SSSR count). The SMILES string of the molecule is COc1ccc(CN2CC=Cc3cc(OC)c(OC)cc32)cc1OC.